The third-order valence-corrected chi connectivity index (χ3v) is 0.989. The zero-order chi connectivity index (χ0) is 7.98. The molecule has 4 heteroatoms. The van der Waals surface area contributed by atoms with Gasteiger partial charge in [-0.3, -0.25) is 4.79 Å². The molecule has 0 rings (SSSR count). The number of carbonyl (C=O) groups is 1. The predicted octanol–water partition coefficient (Wildman–Crippen LogP) is -0.443. The molecule has 0 saturated carbocycles. The third-order valence-electron chi connectivity index (χ3n) is 0.989. The summed E-state index contributed by atoms with van der Waals surface area (Å²) in [4.78, 5) is 10.5. The van der Waals surface area contributed by atoms with Crippen LogP contribution < -0.4 is 0 Å². The van der Waals surface area contributed by atoms with Crippen molar-refractivity contribution in [2.24, 2.45) is 0 Å². The van der Waals surface area contributed by atoms with Gasteiger partial charge in [0, 0.05) is 7.11 Å². The van der Waals surface area contributed by atoms with E-state index in [1.54, 1.807) is 0 Å². The van der Waals surface area contributed by atoms with Gasteiger partial charge in [0.25, 0.3) is 0 Å². The number of esters is 1. The first-order valence-corrected chi connectivity index (χ1v) is 2.94. The molecule has 0 aromatic heterocycles. The summed E-state index contributed by atoms with van der Waals surface area (Å²) in [5.74, 6) is -0.426. The largest absolute Gasteiger partial charge is 0.469 e. The Morgan fingerprint density at radius 3 is 2.60 bits per heavy atom. The zero-order valence-electron chi connectivity index (χ0n) is 6.16. The second-order valence-corrected chi connectivity index (χ2v) is 1.89. The molecule has 0 radical (unpaired) electrons. The van der Waals surface area contributed by atoms with Gasteiger partial charge in [-0.25, -0.2) is 0 Å². The minimum absolute atomic E-state index is 0.00958. The Balaban J connectivity index is 3.37. The average molecular weight is 148 g/mol. The fourth-order valence-corrected chi connectivity index (χ4v) is 0.527. The topological polar surface area (TPSA) is 55.8 Å². The highest BCUT2D eigenvalue weighted by molar-refractivity contribution is 5.69. The summed E-state index contributed by atoms with van der Waals surface area (Å²) in [6, 6.07) is 0. The maximum Gasteiger partial charge on any atom is 0.308 e. The highest BCUT2D eigenvalue weighted by Gasteiger charge is 2.09. The van der Waals surface area contributed by atoms with Gasteiger partial charge in [0.2, 0.25) is 0 Å². The average Bonchev–Trinajstić information content (AvgIpc) is 1.88. The van der Waals surface area contributed by atoms with Crippen LogP contribution in [0.25, 0.3) is 0 Å². The molecule has 0 heterocycles. The van der Waals surface area contributed by atoms with Crippen LogP contribution in [0.5, 0.6) is 0 Å². The van der Waals surface area contributed by atoms with Crippen LogP contribution in [-0.4, -0.2) is 38.0 Å². The fourth-order valence-electron chi connectivity index (χ4n) is 0.527. The molecule has 0 aromatic carbocycles. The van der Waals surface area contributed by atoms with E-state index in [1.165, 1.54) is 14.2 Å². The van der Waals surface area contributed by atoms with Crippen molar-refractivity contribution in [3.63, 3.8) is 0 Å². The van der Waals surface area contributed by atoms with Crippen LogP contribution in [0, 0.1) is 0 Å². The summed E-state index contributed by atoms with van der Waals surface area (Å²) in [5.41, 5.74) is 0. The van der Waals surface area contributed by atoms with E-state index in [1.807, 2.05) is 0 Å². The highest BCUT2D eigenvalue weighted by atomic mass is 16.5. The van der Waals surface area contributed by atoms with Gasteiger partial charge in [-0.15, -0.1) is 0 Å². The number of hydrogen-bond acceptors (Lipinski definition) is 4. The van der Waals surface area contributed by atoms with E-state index >= 15 is 0 Å². The summed E-state index contributed by atoms with van der Waals surface area (Å²) in [7, 11) is 2.74. The lowest BCUT2D eigenvalue weighted by Crippen LogP contribution is -2.19. The maximum absolute atomic E-state index is 10.5. The number of aliphatic hydroxyl groups excluding tert-OH is 1. The first-order chi connectivity index (χ1) is 4.70. The summed E-state index contributed by atoms with van der Waals surface area (Å²) in [6.07, 6.45) is -0.762. The van der Waals surface area contributed by atoms with Crippen molar-refractivity contribution >= 4 is 5.97 Å². The molecular weight excluding hydrogens is 136 g/mol. The normalized spacial score (nSPS) is 12.7. The smallest absolute Gasteiger partial charge is 0.308 e. The Labute approximate surface area is 59.7 Å². The number of carbonyl (C=O) groups excluding carboxylic acids is 1. The molecule has 0 fully saturated rings. The Morgan fingerprint density at radius 2 is 2.20 bits per heavy atom. The van der Waals surface area contributed by atoms with Gasteiger partial charge in [0.05, 0.1) is 26.2 Å². The summed E-state index contributed by atoms with van der Waals surface area (Å²) < 4.78 is 8.90. The lowest BCUT2D eigenvalue weighted by atomic mass is 10.3. The van der Waals surface area contributed by atoms with E-state index in [9.17, 15) is 4.79 Å². The van der Waals surface area contributed by atoms with Crippen molar-refractivity contribution in [2.45, 2.75) is 12.5 Å². The van der Waals surface area contributed by atoms with Crippen molar-refractivity contribution in [2.75, 3.05) is 20.8 Å². The molecule has 0 aliphatic carbocycles. The van der Waals surface area contributed by atoms with E-state index in [2.05, 4.69) is 9.47 Å². The Hall–Kier alpha value is -0.610. The molecule has 10 heavy (non-hydrogen) atoms. The molecule has 4 nitrogen and oxygen atoms in total. The van der Waals surface area contributed by atoms with Crippen LogP contribution in [-0.2, 0) is 14.3 Å². The Bertz CT molecular complexity index is 102. The van der Waals surface area contributed by atoms with E-state index in [0.29, 0.717) is 0 Å². The molecule has 1 N–H and O–H groups in total. The molecule has 0 aliphatic heterocycles. The predicted molar refractivity (Wildman–Crippen MR) is 34.5 cm³/mol. The second kappa shape index (κ2) is 5.20. The lowest BCUT2D eigenvalue weighted by molar-refractivity contribution is -0.143. The van der Waals surface area contributed by atoms with Crippen LogP contribution in [0.15, 0.2) is 0 Å². The maximum atomic E-state index is 10.5. The molecule has 60 valence electrons. The number of ether oxygens (including phenoxy) is 2. The van der Waals surface area contributed by atoms with Crippen molar-refractivity contribution < 1.29 is 19.4 Å². The zero-order valence-corrected chi connectivity index (χ0v) is 6.16. The van der Waals surface area contributed by atoms with Crippen molar-refractivity contribution in [1.82, 2.24) is 0 Å². The van der Waals surface area contributed by atoms with Gasteiger partial charge in [0.1, 0.15) is 0 Å². The van der Waals surface area contributed by atoms with Crippen molar-refractivity contribution in [3.05, 3.63) is 0 Å². The van der Waals surface area contributed by atoms with Crippen LogP contribution in [0.1, 0.15) is 6.42 Å². The molecule has 0 amide bonds. The van der Waals surface area contributed by atoms with Gasteiger partial charge in [-0.2, -0.15) is 0 Å². The minimum atomic E-state index is -0.752. The third kappa shape index (κ3) is 4.29. The van der Waals surface area contributed by atoms with E-state index in [-0.39, 0.29) is 13.0 Å². The van der Waals surface area contributed by atoms with Crippen LogP contribution in [0.4, 0.5) is 0 Å². The molecule has 1 unspecified atom stereocenters. The van der Waals surface area contributed by atoms with Crippen LogP contribution in [0.2, 0.25) is 0 Å². The highest BCUT2D eigenvalue weighted by Crippen LogP contribution is 1.93. The van der Waals surface area contributed by atoms with E-state index in [4.69, 9.17) is 5.11 Å². The SMILES string of the molecule is COCC(O)CC(=O)OC. The first kappa shape index (κ1) is 9.39. The van der Waals surface area contributed by atoms with Crippen molar-refractivity contribution in [1.29, 1.82) is 0 Å². The monoisotopic (exact) mass is 148 g/mol. The molecule has 0 saturated heterocycles. The number of hydrogen-bond donors (Lipinski definition) is 1. The molecule has 0 bridgehead atoms. The molecule has 0 aromatic rings. The van der Waals surface area contributed by atoms with Gasteiger partial charge < -0.3 is 14.6 Å². The minimum Gasteiger partial charge on any atom is -0.469 e. The van der Waals surface area contributed by atoms with Gasteiger partial charge in [-0.05, 0) is 0 Å². The second-order valence-electron chi connectivity index (χ2n) is 1.89. The number of aliphatic hydroxyl groups is 1. The Morgan fingerprint density at radius 1 is 1.60 bits per heavy atom. The van der Waals surface area contributed by atoms with Gasteiger partial charge in [0.15, 0.2) is 0 Å². The van der Waals surface area contributed by atoms with Crippen LogP contribution >= 0.6 is 0 Å². The van der Waals surface area contributed by atoms with E-state index in [0.717, 1.165) is 0 Å². The summed E-state index contributed by atoms with van der Waals surface area (Å²) >= 11 is 0. The fraction of sp³-hybridized carbons (Fsp3) is 0.833. The van der Waals surface area contributed by atoms with Gasteiger partial charge >= 0.3 is 5.97 Å². The molecular formula is C6H12O4. The summed E-state index contributed by atoms with van der Waals surface area (Å²) in [5, 5.41) is 8.92. The molecule has 1 atom stereocenters. The summed E-state index contributed by atoms with van der Waals surface area (Å²) in [6.45, 7) is 0.162. The first-order valence-electron chi connectivity index (χ1n) is 2.94. The quantitative estimate of drug-likeness (QED) is 0.549. The number of methoxy groups -OCH3 is 2. The van der Waals surface area contributed by atoms with E-state index < -0.39 is 12.1 Å². The van der Waals surface area contributed by atoms with Crippen LogP contribution in [0.3, 0.4) is 0 Å². The molecule has 0 aliphatic rings. The molecule has 0 spiro atoms. The number of rotatable bonds is 4. The lowest BCUT2D eigenvalue weighted by Gasteiger charge is -2.06. The Kier molecular flexibility index (Phi) is 4.88. The van der Waals surface area contributed by atoms with Gasteiger partial charge in [-0.1, -0.05) is 0 Å². The standard InChI is InChI=1S/C6H12O4/c1-9-4-5(7)3-6(8)10-2/h5,7H,3-4H2,1-2H3. The van der Waals surface area contributed by atoms with Crippen molar-refractivity contribution in [3.8, 4) is 0 Å².